The number of anilines is 1. The Bertz CT molecular complexity index is 1100. The summed E-state index contributed by atoms with van der Waals surface area (Å²) < 4.78 is 38.9. The first kappa shape index (κ1) is 22.3. The summed E-state index contributed by atoms with van der Waals surface area (Å²) in [6, 6.07) is 18.2. The number of sulfonamides is 1. The van der Waals surface area contributed by atoms with Crippen LogP contribution in [0, 0.1) is 0 Å². The summed E-state index contributed by atoms with van der Waals surface area (Å²) in [5, 5.41) is 0.772. The number of nitrogens with zero attached hydrogens (tertiary/aromatic N) is 1. The quantitative estimate of drug-likeness (QED) is 0.421. The summed E-state index contributed by atoms with van der Waals surface area (Å²) in [6.45, 7) is 2.49. The highest BCUT2D eigenvalue weighted by Crippen LogP contribution is 2.30. The molecular weight excluding hydrogens is 445 g/mol. The first-order valence-corrected chi connectivity index (χ1v) is 11.4. The van der Waals surface area contributed by atoms with Crippen LogP contribution in [0.5, 0.6) is 11.5 Å². The molecule has 0 amide bonds. The zero-order valence-corrected chi connectivity index (χ0v) is 18.8. The van der Waals surface area contributed by atoms with Crippen molar-refractivity contribution in [3.05, 3.63) is 82.3 Å². The van der Waals surface area contributed by atoms with Crippen molar-refractivity contribution in [2.75, 3.05) is 18.0 Å². The molecule has 3 aromatic rings. The van der Waals surface area contributed by atoms with Crippen LogP contribution in [-0.2, 0) is 16.6 Å². The SMILES string of the molecule is CCOc1ccc(N(Cc2ccc(Cl)c(Cl)c2)S(=O)(=O)c2ccc(OC)cc2)cc1. The second kappa shape index (κ2) is 9.60. The van der Waals surface area contributed by atoms with Gasteiger partial charge in [0.15, 0.2) is 0 Å². The standard InChI is InChI=1S/C22H21Cl2NO4S/c1-3-29-19-7-5-17(6-8-19)25(15-16-4-13-21(23)22(24)14-16)30(26,27)20-11-9-18(28-2)10-12-20/h4-14H,3,15H2,1-2H3. The van der Waals surface area contributed by atoms with Crippen LogP contribution in [0.4, 0.5) is 5.69 Å². The van der Waals surface area contributed by atoms with Gasteiger partial charge in [-0.1, -0.05) is 29.3 Å². The fourth-order valence-corrected chi connectivity index (χ4v) is 4.64. The molecule has 30 heavy (non-hydrogen) atoms. The summed E-state index contributed by atoms with van der Waals surface area (Å²) in [7, 11) is -2.34. The zero-order valence-electron chi connectivity index (χ0n) is 16.5. The van der Waals surface area contributed by atoms with Gasteiger partial charge in [0, 0.05) is 0 Å². The summed E-state index contributed by atoms with van der Waals surface area (Å²) in [5.74, 6) is 1.24. The third kappa shape index (κ3) is 5.01. The van der Waals surface area contributed by atoms with E-state index >= 15 is 0 Å². The van der Waals surface area contributed by atoms with Gasteiger partial charge in [-0.15, -0.1) is 0 Å². The van der Waals surface area contributed by atoms with Crippen molar-refractivity contribution in [1.82, 2.24) is 0 Å². The Hall–Kier alpha value is -2.41. The molecule has 0 saturated heterocycles. The van der Waals surface area contributed by atoms with Crippen molar-refractivity contribution >= 4 is 38.9 Å². The molecule has 0 aromatic heterocycles. The monoisotopic (exact) mass is 465 g/mol. The average molecular weight is 466 g/mol. The highest BCUT2D eigenvalue weighted by atomic mass is 35.5. The highest BCUT2D eigenvalue weighted by molar-refractivity contribution is 7.92. The Morgan fingerprint density at radius 2 is 1.50 bits per heavy atom. The molecule has 0 atom stereocenters. The maximum Gasteiger partial charge on any atom is 0.264 e. The molecule has 0 aliphatic carbocycles. The molecule has 0 radical (unpaired) electrons. The Morgan fingerprint density at radius 1 is 0.867 bits per heavy atom. The van der Waals surface area contributed by atoms with Gasteiger partial charge in [-0.05, 0) is 73.2 Å². The smallest absolute Gasteiger partial charge is 0.264 e. The van der Waals surface area contributed by atoms with Crippen LogP contribution >= 0.6 is 23.2 Å². The highest BCUT2D eigenvalue weighted by Gasteiger charge is 2.25. The lowest BCUT2D eigenvalue weighted by molar-refractivity contribution is 0.340. The molecule has 8 heteroatoms. The second-order valence-corrected chi connectivity index (χ2v) is 9.04. The predicted molar refractivity (Wildman–Crippen MR) is 120 cm³/mol. The third-order valence-electron chi connectivity index (χ3n) is 4.39. The lowest BCUT2D eigenvalue weighted by Crippen LogP contribution is -2.30. The van der Waals surface area contributed by atoms with Crippen molar-refractivity contribution < 1.29 is 17.9 Å². The summed E-state index contributed by atoms with van der Waals surface area (Å²) >= 11 is 12.1. The van der Waals surface area contributed by atoms with Crippen LogP contribution in [0.15, 0.2) is 71.6 Å². The zero-order chi connectivity index (χ0) is 21.7. The third-order valence-corrected chi connectivity index (χ3v) is 6.92. The number of hydrogen-bond donors (Lipinski definition) is 0. The van der Waals surface area contributed by atoms with Gasteiger partial charge in [-0.3, -0.25) is 4.31 Å². The van der Waals surface area contributed by atoms with Gasteiger partial charge in [-0.2, -0.15) is 0 Å². The van der Waals surface area contributed by atoms with E-state index < -0.39 is 10.0 Å². The summed E-state index contributed by atoms with van der Waals surface area (Å²) in [4.78, 5) is 0.150. The molecule has 0 spiro atoms. The van der Waals surface area contributed by atoms with E-state index in [-0.39, 0.29) is 11.4 Å². The maximum absolute atomic E-state index is 13.5. The van der Waals surface area contributed by atoms with E-state index in [0.717, 1.165) is 0 Å². The van der Waals surface area contributed by atoms with Gasteiger partial charge in [0.2, 0.25) is 0 Å². The van der Waals surface area contributed by atoms with Crippen molar-refractivity contribution in [2.45, 2.75) is 18.4 Å². The number of halogens is 2. The molecule has 0 heterocycles. The maximum atomic E-state index is 13.5. The van der Waals surface area contributed by atoms with E-state index in [0.29, 0.717) is 39.4 Å². The van der Waals surface area contributed by atoms with Crippen molar-refractivity contribution in [2.24, 2.45) is 0 Å². The molecule has 0 aliphatic rings. The van der Waals surface area contributed by atoms with Gasteiger partial charge in [0.05, 0.1) is 40.9 Å². The van der Waals surface area contributed by atoms with Crippen molar-refractivity contribution in [3.8, 4) is 11.5 Å². The Balaban J connectivity index is 2.03. The molecule has 0 saturated carbocycles. The van der Waals surface area contributed by atoms with E-state index in [9.17, 15) is 8.42 Å². The van der Waals surface area contributed by atoms with Crippen LogP contribution in [-0.4, -0.2) is 22.1 Å². The Morgan fingerprint density at radius 3 is 2.07 bits per heavy atom. The average Bonchev–Trinajstić information content (AvgIpc) is 2.75. The van der Waals surface area contributed by atoms with E-state index in [1.165, 1.54) is 23.5 Å². The normalized spacial score (nSPS) is 11.2. The minimum Gasteiger partial charge on any atom is -0.497 e. The first-order chi connectivity index (χ1) is 14.3. The number of hydrogen-bond acceptors (Lipinski definition) is 4. The molecule has 3 rings (SSSR count). The van der Waals surface area contributed by atoms with Gasteiger partial charge >= 0.3 is 0 Å². The van der Waals surface area contributed by atoms with Crippen LogP contribution in [0.1, 0.15) is 12.5 Å². The van der Waals surface area contributed by atoms with Crippen molar-refractivity contribution in [1.29, 1.82) is 0 Å². The number of rotatable bonds is 8. The lowest BCUT2D eigenvalue weighted by Gasteiger charge is -2.25. The fraction of sp³-hybridized carbons (Fsp3) is 0.182. The molecule has 0 aliphatic heterocycles. The van der Waals surface area contributed by atoms with E-state index in [1.807, 2.05) is 6.92 Å². The number of benzene rings is 3. The van der Waals surface area contributed by atoms with E-state index in [1.54, 1.807) is 54.6 Å². The molecule has 0 bridgehead atoms. The molecule has 0 unspecified atom stereocenters. The molecule has 158 valence electrons. The Labute approximate surface area is 186 Å². The minimum absolute atomic E-state index is 0.0826. The second-order valence-electron chi connectivity index (χ2n) is 6.36. The van der Waals surface area contributed by atoms with Gasteiger partial charge in [0.25, 0.3) is 10.0 Å². The molecule has 3 aromatic carbocycles. The molecular formula is C22H21Cl2NO4S. The molecule has 5 nitrogen and oxygen atoms in total. The Kier molecular flexibility index (Phi) is 7.13. The minimum atomic E-state index is -3.86. The van der Waals surface area contributed by atoms with Gasteiger partial charge in [-0.25, -0.2) is 8.42 Å². The number of ether oxygens (including phenoxy) is 2. The first-order valence-electron chi connectivity index (χ1n) is 9.18. The van der Waals surface area contributed by atoms with Crippen LogP contribution in [0.25, 0.3) is 0 Å². The largest absolute Gasteiger partial charge is 0.497 e. The topological polar surface area (TPSA) is 55.8 Å². The van der Waals surface area contributed by atoms with Crippen molar-refractivity contribution in [3.63, 3.8) is 0 Å². The van der Waals surface area contributed by atoms with E-state index in [2.05, 4.69) is 0 Å². The predicted octanol–water partition coefficient (Wildman–Crippen LogP) is 5.80. The lowest BCUT2D eigenvalue weighted by atomic mass is 10.2. The van der Waals surface area contributed by atoms with Gasteiger partial charge < -0.3 is 9.47 Å². The van der Waals surface area contributed by atoms with Crippen LogP contribution < -0.4 is 13.8 Å². The van der Waals surface area contributed by atoms with Crippen LogP contribution in [0.2, 0.25) is 10.0 Å². The molecule has 0 N–H and O–H groups in total. The molecule has 0 fully saturated rings. The summed E-state index contributed by atoms with van der Waals surface area (Å²) in [6.07, 6.45) is 0. The summed E-state index contributed by atoms with van der Waals surface area (Å²) in [5.41, 5.74) is 1.20. The van der Waals surface area contributed by atoms with Gasteiger partial charge in [0.1, 0.15) is 11.5 Å². The number of methoxy groups -OCH3 is 1. The van der Waals surface area contributed by atoms with E-state index in [4.69, 9.17) is 32.7 Å². The fourth-order valence-electron chi connectivity index (χ4n) is 2.87. The van der Waals surface area contributed by atoms with Crippen LogP contribution in [0.3, 0.4) is 0 Å².